The van der Waals surface area contributed by atoms with Gasteiger partial charge in [-0.05, 0) is 44.5 Å². The summed E-state index contributed by atoms with van der Waals surface area (Å²) in [4.78, 5) is 22.7. The molecule has 1 aromatic carbocycles. The monoisotopic (exact) mass is 265 g/mol. The molecule has 0 aliphatic rings. The molecule has 0 aromatic heterocycles. The van der Waals surface area contributed by atoms with Gasteiger partial charge in [0.2, 0.25) is 0 Å². The Balaban J connectivity index is 2.44. The molecule has 0 aliphatic carbocycles. The van der Waals surface area contributed by atoms with E-state index in [-0.39, 0.29) is 12.6 Å². The quantitative estimate of drug-likeness (QED) is 0.713. The number of ether oxygens (including phenoxy) is 1. The number of aryl methyl sites for hydroxylation is 1. The Morgan fingerprint density at radius 2 is 2.05 bits per heavy atom. The number of carbonyl (C=O) groups excluding carboxylic acids is 2. The van der Waals surface area contributed by atoms with Crippen molar-refractivity contribution in [2.24, 2.45) is 0 Å². The van der Waals surface area contributed by atoms with Crippen LogP contribution in [0.5, 0.6) is 5.75 Å². The summed E-state index contributed by atoms with van der Waals surface area (Å²) in [5, 5.41) is 4.72. The Bertz CT molecular complexity index is 472. The minimum atomic E-state index is -0.530. The van der Waals surface area contributed by atoms with Crippen LogP contribution in [0.2, 0.25) is 0 Å². The number of carbonyl (C=O) groups is 2. The van der Waals surface area contributed by atoms with E-state index < -0.39 is 11.9 Å². The van der Waals surface area contributed by atoms with Crippen LogP contribution in [-0.4, -0.2) is 24.6 Å². The number of benzene rings is 1. The lowest BCUT2D eigenvalue weighted by Gasteiger charge is -2.11. The van der Waals surface area contributed by atoms with Crippen LogP contribution in [0.4, 0.5) is 10.5 Å². The maximum absolute atomic E-state index is 11.5. The van der Waals surface area contributed by atoms with Gasteiger partial charge in [0.05, 0.1) is 0 Å². The van der Waals surface area contributed by atoms with Crippen molar-refractivity contribution in [3.8, 4) is 5.75 Å². The number of urea groups is 1. The van der Waals surface area contributed by atoms with Gasteiger partial charge in [-0.2, -0.15) is 0 Å². The largest absolute Gasteiger partial charge is 0.483 e. The Labute approximate surface area is 112 Å². The molecule has 0 atom stereocenters. The van der Waals surface area contributed by atoms with Gasteiger partial charge in [0.1, 0.15) is 5.75 Å². The molecule has 6 heteroatoms. The fraction of sp³-hybridized carbons (Fsp3) is 0.385. The predicted octanol–water partition coefficient (Wildman–Crippen LogP) is 1.19. The SMILES string of the molecule is Cc1cc(N)ccc1OCC(=O)NC(=O)NC(C)C. The number of nitrogens with two attached hydrogens (primary N) is 1. The average Bonchev–Trinajstić information content (AvgIpc) is 2.26. The zero-order chi connectivity index (χ0) is 14.4. The van der Waals surface area contributed by atoms with Gasteiger partial charge in [-0.25, -0.2) is 4.79 Å². The molecule has 0 bridgehead atoms. The van der Waals surface area contributed by atoms with Crippen molar-refractivity contribution in [3.05, 3.63) is 23.8 Å². The van der Waals surface area contributed by atoms with Crippen molar-refractivity contribution in [2.75, 3.05) is 12.3 Å². The molecule has 0 spiro atoms. The zero-order valence-corrected chi connectivity index (χ0v) is 11.3. The number of hydrogen-bond donors (Lipinski definition) is 3. The maximum atomic E-state index is 11.5. The Morgan fingerprint density at radius 1 is 1.37 bits per heavy atom. The van der Waals surface area contributed by atoms with Crippen LogP contribution >= 0.6 is 0 Å². The third-order valence-electron chi connectivity index (χ3n) is 2.23. The van der Waals surface area contributed by atoms with Crippen molar-refractivity contribution in [2.45, 2.75) is 26.8 Å². The Morgan fingerprint density at radius 3 is 2.63 bits per heavy atom. The van der Waals surface area contributed by atoms with E-state index >= 15 is 0 Å². The number of anilines is 1. The van der Waals surface area contributed by atoms with Crippen molar-refractivity contribution < 1.29 is 14.3 Å². The van der Waals surface area contributed by atoms with Gasteiger partial charge >= 0.3 is 6.03 Å². The third-order valence-corrected chi connectivity index (χ3v) is 2.23. The molecule has 0 radical (unpaired) electrons. The predicted molar refractivity (Wildman–Crippen MR) is 72.9 cm³/mol. The number of imide groups is 1. The van der Waals surface area contributed by atoms with E-state index in [1.54, 1.807) is 32.0 Å². The van der Waals surface area contributed by atoms with Crippen molar-refractivity contribution in [3.63, 3.8) is 0 Å². The van der Waals surface area contributed by atoms with Gasteiger partial charge < -0.3 is 15.8 Å². The highest BCUT2D eigenvalue weighted by atomic mass is 16.5. The summed E-state index contributed by atoms with van der Waals surface area (Å²) < 4.78 is 5.31. The molecule has 4 N–H and O–H groups in total. The van der Waals surface area contributed by atoms with Gasteiger partial charge in [-0.1, -0.05) is 0 Å². The number of nitrogens with one attached hydrogen (secondary N) is 2. The van der Waals surface area contributed by atoms with Gasteiger partial charge in [0.15, 0.2) is 6.61 Å². The van der Waals surface area contributed by atoms with E-state index in [2.05, 4.69) is 10.6 Å². The first-order valence-electron chi connectivity index (χ1n) is 5.97. The number of rotatable bonds is 4. The summed E-state index contributed by atoms with van der Waals surface area (Å²) in [6, 6.07) is 4.56. The van der Waals surface area contributed by atoms with E-state index in [0.717, 1.165) is 5.56 Å². The molecule has 3 amide bonds. The molecule has 19 heavy (non-hydrogen) atoms. The van der Waals surface area contributed by atoms with Crippen molar-refractivity contribution >= 4 is 17.6 Å². The molecule has 104 valence electrons. The summed E-state index contributed by atoms with van der Waals surface area (Å²) in [6.07, 6.45) is 0. The summed E-state index contributed by atoms with van der Waals surface area (Å²) in [5.74, 6) is 0.0583. The number of hydrogen-bond acceptors (Lipinski definition) is 4. The molecule has 0 saturated heterocycles. The van der Waals surface area contributed by atoms with Crippen LogP contribution in [0, 0.1) is 6.92 Å². The van der Waals surface area contributed by atoms with Gasteiger partial charge in [-0.3, -0.25) is 10.1 Å². The highest BCUT2D eigenvalue weighted by Crippen LogP contribution is 2.19. The zero-order valence-electron chi connectivity index (χ0n) is 11.3. The molecular formula is C13H19N3O3. The van der Waals surface area contributed by atoms with E-state index in [4.69, 9.17) is 10.5 Å². The van der Waals surface area contributed by atoms with Crippen LogP contribution in [0.15, 0.2) is 18.2 Å². The average molecular weight is 265 g/mol. The number of amides is 3. The minimum absolute atomic E-state index is 0.0342. The molecule has 0 unspecified atom stereocenters. The van der Waals surface area contributed by atoms with Crippen molar-refractivity contribution in [1.29, 1.82) is 0 Å². The first-order valence-corrected chi connectivity index (χ1v) is 5.97. The van der Waals surface area contributed by atoms with Crippen LogP contribution in [0.25, 0.3) is 0 Å². The Kier molecular flexibility index (Phi) is 5.17. The normalized spacial score (nSPS) is 10.1. The smallest absolute Gasteiger partial charge is 0.321 e. The summed E-state index contributed by atoms with van der Waals surface area (Å²) >= 11 is 0. The lowest BCUT2D eigenvalue weighted by atomic mass is 10.2. The maximum Gasteiger partial charge on any atom is 0.321 e. The summed E-state index contributed by atoms with van der Waals surface area (Å²) in [7, 11) is 0. The molecule has 6 nitrogen and oxygen atoms in total. The highest BCUT2D eigenvalue weighted by Gasteiger charge is 2.09. The summed E-state index contributed by atoms with van der Waals surface area (Å²) in [6.45, 7) is 5.21. The molecule has 0 aliphatic heterocycles. The fourth-order valence-electron chi connectivity index (χ4n) is 1.44. The third kappa shape index (κ3) is 5.29. The highest BCUT2D eigenvalue weighted by molar-refractivity contribution is 5.95. The van der Waals surface area contributed by atoms with E-state index in [1.807, 2.05) is 6.92 Å². The van der Waals surface area contributed by atoms with E-state index in [9.17, 15) is 9.59 Å². The van der Waals surface area contributed by atoms with E-state index in [0.29, 0.717) is 11.4 Å². The second-order valence-corrected chi connectivity index (χ2v) is 4.49. The number of nitrogen functional groups attached to an aromatic ring is 1. The van der Waals surface area contributed by atoms with Gasteiger partial charge in [0, 0.05) is 11.7 Å². The lowest BCUT2D eigenvalue weighted by molar-refractivity contribution is -0.122. The minimum Gasteiger partial charge on any atom is -0.483 e. The second kappa shape index (κ2) is 6.63. The molecule has 0 saturated carbocycles. The van der Waals surface area contributed by atoms with Gasteiger partial charge in [0.25, 0.3) is 5.91 Å². The standard InChI is InChI=1S/C13H19N3O3/c1-8(2)15-13(18)16-12(17)7-19-11-5-4-10(14)6-9(11)3/h4-6,8H,7,14H2,1-3H3,(H2,15,16,17,18). The van der Waals surface area contributed by atoms with Crippen LogP contribution in [0.3, 0.4) is 0 Å². The molecule has 1 aromatic rings. The summed E-state index contributed by atoms with van der Waals surface area (Å²) in [5.41, 5.74) is 7.07. The van der Waals surface area contributed by atoms with Crippen LogP contribution in [-0.2, 0) is 4.79 Å². The van der Waals surface area contributed by atoms with Crippen LogP contribution in [0.1, 0.15) is 19.4 Å². The topological polar surface area (TPSA) is 93.4 Å². The molecule has 0 fully saturated rings. The van der Waals surface area contributed by atoms with E-state index in [1.165, 1.54) is 0 Å². The first kappa shape index (κ1) is 14.8. The Hall–Kier alpha value is -2.24. The molecule has 0 heterocycles. The first-order chi connectivity index (χ1) is 8.88. The lowest BCUT2D eigenvalue weighted by Crippen LogP contribution is -2.44. The second-order valence-electron chi connectivity index (χ2n) is 4.49. The van der Waals surface area contributed by atoms with Gasteiger partial charge in [-0.15, -0.1) is 0 Å². The van der Waals surface area contributed by atoms with Crippen molar-refractivity contribution in [1.82, 2.24) is 10.6 Å². The van der Waals surface area contributed by atoms with Crippen LogP contribution < -0.4 is 21.1 Å². The fourth-order valence-corrected chi connectivity index (χ4v) is 1.44. The molecule has 1 rings (SSSR count). The molecular weight excluding hydrogens is 246 g/mol.